The van der Waals surface area contributed by atoms with Gasteiger partial charge in [0, 0.05) is 13.3 Å². The third kappa shape index (κ3) is 5.00. The Morgan fingerprint density at radius 2 is 1.81 bits per heavy atom. The highest BCUT2D eigenvalue weighted by Crippen LogP contribution is 2.61. The molecular formula is C30H50O2. The van der Waals surface area contributed by atoms with Crippen LogP contribution in [0, 0.1) is 46.8 Å². The van der Waals surface area contributed by atoms with E-state index in [0.717, 1.165) is 54.3 Å². The number of rotatable bonds is 6. The standard InChI is InChI=1S/C30H50O2/c1-20(2)9-8-10-21(3)25-15-16-27-26(25)11-6-7-12-29-28(27)14-13-23-19-24(32-22(4)31)17-18-30(23,29)5/h13,20-21,24-29H,6-12,14-19H2,1-5H3/t21?,24-,25+,26-,27?,28?,29?,30-/m0/s1. The Morgan fingerprint density at radius 1 is 1.03 bits per heavy atom. The van der Waals surface area contributed by atoms with Crippen LogP contribution < -0.4 is 0 Å². The van der Waals surface area contributed by atoms with Crippen molar-refractivity contribution in [1.82, 2.24) is 0 Å². The Kier molecular flexibility index (Phi) is 7.78. The summed E-state index contributed by atoms with van der Waals surface area (Å²) >= 11 is 0. The van der Waals surface area contributed by atoms with Crippen LogP contribution in [0.5, 0.6) is 0 Å². The minimum Gasteiger partial charge on any atom is -0.462 e. The van der Waals surface area contributed by atoms with Gasteiger partial charge >= 0.3 is 5.97 Å². The largest absolute Gasteiger partial charge is 0.462 e. The fraction of sp³-hybridized carbons (Fsp3) is 0.900. The van der Waals surface area contributed by atoms with Crippen molar-refractivity contribution < 1.29 is 9.53 Å². The summed E-state index contributed by atoms with van der Waals surface area (Å²) in [6.45, 7) is 11.5. The zero-order chi connectivity index (χ0) is 22.9. The second kappa shape index (κ2) is 10.2. The molecule has 0 N–H and O–H groups in total. The van der Waals surface area contributed by atoms with E-state index in [-0.39, 0.29) is 12.1 Å². The van der Waals surface area contributed by atoms with Crippen molar-refractivity contribution in [2.24, 2.45) is 46.8 Å². The minimum absolute atomic E-state index is 0.110. The van der Waals surface area contributed by atoms with Crippen LogP contribution in [0.15, 0.2) is 11.6 Å². The number of esters is 1. The Labute approximate surface area is 198 Å². The first-order valence-electron chi connectivity index (χ1n) is 14.2. The SMILES string of the molecule is CC(=O)O[C@H]1CC[C@@]2(C)C(=CCC3C4CC[C@H](C(C)CCCC(C)C)[C@@H]4CCCCC32)C1. The average molecular weight is 443 g/mol. The van der Waals surface area contributed by atoms with Gasteiger partial charge in [0.2, 0.25) is 0 Å². The number of allylic oxidation sites excluding steroid dienone is 1. The summed E-state index contributed by atoms with van der Waals surface area (Å²) in [7, 11) is 0. The van der Waals surface area contributed by atoms with Crippen molar-refractivity contribution >= 4 is 5.97 Å². The molecule has 0 radical (unpaired) electrons. The summed E-state index contributed by atoms with van der Waals surface area (Å²) in [5, 5.41) is 0. The van der Waals surface area contributed by atoms with Crippen LogP contribution in [0.25, 0.3) is 0 Å². The molecule has 0 aromatic heterocycles. The molecule has 0 bridgehead atoms. The van der Waals surface area contributed by atoms with Gasteiger partial charge in [-0.3, -0.25) is 4.79 Å². The fourth-order valence-electron chi connectivity index (χ4n) is 8.80. The summed E-state index contributed by atoms with van der Waals surface area (Å²) < 4.78 is 5.64. The van der Waals surface area contributed by atoms with Gasteiger partial charge in [-0.25, -0.2) is 0 Å². The van der Waals surface area contributed by atoms with Gasteiger partial charge in [0.1, 0.15) is 6.10 Å². The summed E-state index contributed by atoms with van der Waals surface area (Å²) in [6, 6.07) is 0. The third-order valence-corrected chi connectivity index (χ3v) is 10.4. The smallest absolute Gasteiger partial charge is 0.302 e. The predicted molar refractivity (Wildman–Crippen MR) is 133 cm³/mol. The fourth-order valence-corrected chi connectivity index (χ4v) is 8.80. The van der Waals surface area contributed by atoms with E-state index in [0.29, 0.717) is 5.41 Å². The normalized spacial score (nSPS) is 40.4. The number of carbonyl (C=O) groups excluding carboxylic acids is 1. The van der Waals surface area contributed by atoms with Gasteiger partial charge < -0.3 is 4.74 Å². The molecular weight excluding hydrogens is 392 g/mol. The number of ether oxygens (including phenoxy) is 1. The Balaban J connectivity index is 1.48. The Bertz CT molecular complexity index is 678. The minimum atomic E-state index is -0.110. The molecule has 0 aromatic rings. The Morgan fingerprint density at radius 3 is 2.56 bits per heavy atom. The van der Waals surface area contributed by atoms with Crippen LogP contribution in [0.4, 0.5) is 0 Å². The zero-order valence-electron chi connectivity index (χ0n) is 21.7. The molecule has 0 saturated heterocycles. The lowest BCUT2D eigenvalue weighted by Crippen LogP contribution is -2.46. The second-order valence-electron chi connectivity index (χ2n) is 12.8. The summed E-state index contributed by atoms with van der Waals surface area (Å²) in [4.78, 5) is 11.5. The maximum atomic E-state index is 11.5. The zero-order valence-corrected chi connectivity index (χ0v) is 21.7. The molecule has 0 amide bonds. The van der Waals surface area contributed by atoms with Crippen molar-refractivity contribution in [3.8, 4) is 0 Å². The van der Waals surface area contributed by atoms with E-state index in [1.54, 1.807) is 12.5 Å². The molecule has 2 nitrogen and oxygen atoms in total. The number of hydrogen-bond acceptors (Lipinski definition) is 2. The lowest BCUT2D eigenvalue weighted by atomic mass is 9.52. The molecule has 2 heteroatoms. The molecule has 0 spiro atoms. The highest BCUT2D eigenvalue weighted by molar-refractivity contribution is 5.66. The first-order chi connectivity index (χ1) is 15.3. The highest BCUT2D eigenvalue weighted by Gasteiger charge is 2.52. The number of carbonyl (C=O) groups is 1. The van der Waals surface area contributed by atoms with E-state index >= 15 is 0 Å². The maximum absolute atomic E-state index is 11.5. The molecule has 3 fully saturated rings. The monoisotopic (exact) mass is 442 g/mol. The number of fused-ring (bicyclic) bond motifs is 5. The van der Waals surface area contributed by atoms with E-state index in [4.69, 9.17) is 4.74 Å². The van der Waals surface area contributed by atoms with E-state index in [1.807, 2.05) is 0 Å². The van der Waals surface area contributed by atoms with Crippen LogP contribution in [0.2, 0.25) is 0 Å². The molecule has 0 aromatic carbocycles. The summed E-state index contributed by atoms with van der Waals surface area (Å²) in [6.07, 6.45) is 20.3. The summed E-state index contributed by atoms with van der Waals surface area (Å²) in [5.41, 5.74) is 1.98. The molecule has 3 saturated carbocycles. The van der Waals surface area contributed by atoms with Gasteiger partial charge in [-0.1, -0.05) is 71.4 Å². The topological polar surface area (TPSA) is 26.3 Å². The lowest BCUT2D eigenvalue weighted by Gasteiger charge is -2.53. The van der Waals surface area contributed by atoms with Crippen molar-refractivity contribution in [3.05, 3.63) is 11.6 Å². The molecule has 4 aliphatic rings. The quantitative estimate of drug-likeness (QED) is 0.305. The molecule has 4 rings (SSSR count). The van der Waals surface area contributed by atoms with E-state index in [9.17, 15) is 4.79 Å². The molecule has 4 aliphatic carbocycles. The first-order valence-corrected chi connectivity index (χ1v) is 14.2. The Hall–Kier alpha value is -0.790. The van der Waals surface area contributed by atoms with Crippen LogP contribution in [-0.4, -0.2) is 12.1 Å². The average Bonchev–Trinajstić information content (AvgIpc) is 3.12. The predicted octanol–water partition coefficient (Wildman–Crippen LogP) is 8.35. The van der Waals surface area contributed by atoms with E-state index < -0.39 is 0 Å². The summed E-state index contributed by atoms with van der Waals surface area (Å²) in [5.74, 6) is 6.30. The van der Waals surface area contributed by atoms with Crippen LogP contribution >= 0.6 is 0 Å². The molecule has 32 heavy (non-hydrogen) atoms. The van der Waals surface area contributed by atoms with Crippen molar-refractivity contribution in [2.75, 3.05) is 0 Å². The van der Waals surface area contributed by atoms with Gasteiger partial charge in [0.05, 0.1) is 0 Å². The van der Waals surface area contributed by atoms with Crippen molar-refractivity contribution in [3.63, 3.8) is 0 Å². The van der Waals surface area contributed by atoms with Crippen molar-refractivity contribution in [2.45, 2.75) is 124 Å². The van der Waals surface area contributed by atoms with Crippen LogP contribution in [0.3, 0.4) is 0 Å². The molecule has 0 heterocycles. The van der Waals surface area contributed by atoms with Gasteiger partial charge in [0.15, 0.2) is 0 Å². The lowest BCUT2D eigenvalue weighted by molar-refractivity contribution is -0.148. The maximum Gasteiger partial charge on any atom is 0.302 e. The first kappa shape index (κ1) is 24.3. The highest BCUT2D eigenvalue weighted by atomic mass is 16.5. The molecule has 182 valence electrons. The van der Waals surface area contributed by atoms with E-state index in [1.165, 1.54) is 70.6 Å². The van der Waals surface area contributed by atoms with Gasteiger partial charge in [-0.15, -0.1) is 0 Å². The van der Waals surface area contributed by atoms with Crippen LogP contribution in [0.1, 0.15) is 118 Å². The molecule has 4 unspecified atom stereocenters. The second-order valence-corrected chi connectivity index (χ2v) is 12.8. The van der Waals surface area contributed by atoms with Gasteiger partial charge in [0.25, 0.3) is 0 Å². The van der Waals surface area contributed by atoms with Gasteiger partial charge in [-0.05, 0) is 91.8 Å². The van der Waals surface area contributed by atoms with E-state index in [2.05, 4.69) is 33.8 Å². The van der Waals surface area contributed by atoms with Crippen LogP contribution in [-0.2, 0) is 9.53 Å². The molecule has 8 atom stereocenters. The molecule has 0 aliphatic heterocycles. The van der Waals surface area contributed by atoms with Crippen molar-refractivity contribution in [1.29, 1.82) is 0 Å². The van der Waals surface area contributed by atoms with Gasteiger partial charge in [-0.2, -0.15) is 0 Å². The third-order valence-electron chi connectivity index (χ3n) is 10.4. The number of hydrogen-bond donors (Lipinski definition) is 0.